The lowest BCUT2D eigenvalue weighted by atomic mass is 9.89. The summed E-state index contributed by atoms with van der Waals surface area (Å²) in [6, 6.07) is 0. The van der Waals surface area contributed by atoms with Crippen molar-refractivity contribution in [3.8, 4) is 0 Å². The van der Waals surface area contributed by atoms with Gasteiger partial charge in [-0.3, -0.25) is 14.4 Å². The molecule has 11 heavy (non-hydrogen) atoms. The largest absolute Gasteiger partial charge is 0.446 e. The molecule has 0 aromatic carbocycles. The maximum Gasteiger partial charge on any atom is 0.320 e. The lowest BCUT2D eigenvalue weighted by Crippen LogP contribution is -2.28. The third-order valence-corrected chi connectivity index (χ3v) is 1.74. The summed E-state index contributed by atoms with van der Waals surface area (Å²) in [6.07, 6.45) is -0.841. The highest BCUT2D eigenvalue weighted by molar-refractivity contribution is 6.15. The maximum absolute atomic E-state index is 11.1. The van der Waals surface area contributed by atoms with Crippen molar-refractivity contribution in [1.29, 1.82) is 0 Å². The van der Waals surface area contributed by atoms with Crippen LogP contribution in [0.15, 0.2) is 0 Å². The van der Waals surface area contributed by atoms with Gasteiger partial charge in [0.15, 0.2) is 12.1 Å². The SMILES string of the molecule is CC1(C)C(=O)OC(C=O)C1=O. The Bertz CT molecular complexity index is 229. The van der Waals surface area contributed by atoms with E-state index in [1.54, 1.807) is 0 Å². The van der Waals surface area contributed by atoms with Gasteiger partial charge in [-0.1, -0.05) is 0 Å². The molecule has 0 aromatic heterocycles. The van der Waals surface area contributed by atoms with Gasteiger partial charge in [0.05, 0.1) is 0 Å². The fourth-order valence-corrected chi connectivity index (χ4v) is 0.862. The summed E-state index contributed by atoms with van der Waals surface area (Å²) >= 11 is 0. The molecule has 0 spiro atoms. The van der Waals surface area contributed by atoms with E-state index in [9.17, 15) is 14.4 Å². The van der Waals surface area contributed by atoms with Crippen LogP contribution in [0.1, 0.15) is 13.8 Å². The molecule has 0 aliphatic carbocycles. The zero-order chi connectivity index (χ0) is 8.65. The quantitative estimate of drug-likeness (QED) is 0.297. The van der Waals surface area contributed by atoms with Crippen molar-refractivity contribution in [3.63, 3.8) is 0 Å². The Morgan fingerprint density at radius 2 is 2.00 bits per heavy atom. The van der Waals surface area contributed by atoms with E-state index in [0.29, 0.717) is 6.29 Å². The van der Waals surface area contributed by atoms with E-state index >= 15 is 0 Å². The average Bonchev–Trinajstić information content (AvgIpc) is 2.14. The van der Waals surface area contributed by atoms with Crippen molar-refractivity contribution >= 4 is 18.0 Å². The molecule has 60 valence electrons. The molecule has 0 amide bonds. The highest BCUT2D eigenvalue weighted by atomic mass is 16.6. The number of esters is 1. The summed E-state index contributed by atoms with van der Waals surface area (Å²) < 4.78 is 4.48. The van der Waals surface area contributed by atoms with Crippen molar-refractivity contribution < 1.29 is 19.1 Å². The van der Waals surface area contributed by atoms with Gasteiger partial charge in [0.2, 0.25) is 6.10 Å². The van der Waals surface area contributed by atoms with E-state index in [1.807, 2.05) is 0 Å². The lowest BCUT2D eigenvalue weighted by molar-refractivity contribution is -0.149. The van der Waals surface area contributed by atoms with Gasteiger partial charge in [-0.15, -0.1) is 0 Å². The Labute approximate surface area is 63.5 Å². The van der Waals surface area contributed by atoms with Crippen LogP contribution >= 0.6 is 0 Å². The number of hydrogen-bond acceptors (Lipinski definition) is 4. The standard InChI is InChI=1S/C7H8O4/c1-7(2)5(9)4(3-8)11-6(7)10/h3-4H,1-2H3. The predicted molar refractivity (Wildman–Crippen MR) is 34.7 cm³/mol. The number of cyclic esters (lactones) is 1. The van der Waals surface area contributed by atoms with E-state index in [4.69, 9.17) is 0 Å². The van der Waals surface area contributed by atoms with Crippen LogP contribution in [-0.4, -0.2) is 24.1 Å². The van der Waals surface area contributed by atoms with Crippen LogP contribution in [0.5, 0.6) is 0 Å². The van der Waals surface area contributed by atoms with Crippen LogP contribution in [0, 0.1) is 5.41 Å². The summed E-state index contributed by atoms with van der Waals surface area (Å²) in [7, 11) is 0. The molecule has 1 aliphatic heterocycles. The minimum Gasteiger partial charge on any atom is -0.446 e. The molecule has 0 aromatic rings. The number of rotatable bonds is 1. The number of carbonyl (C=O) groups excluding carboxylic acids is 3. The molecule has 0 bridgehead atoms. The van der Waals surface area contributed by atoms with Crippen LogP contribution in [0.3, 0.4) is 0 Å². The van der Waals surface area contributed by atoms with Crippen LogP contribution in [0.4, 0.5) is 0 Å². The molecule has 1 saturated heterocycles. The normalized spacial score (nSPS) is 28.4. The van der Waals surface area contributed by atoms with Gasteiger partial charge in [0.25, 0.3) is 0 Å². The summed E-state index contributed by atoms with van der Waals surface area (Å²) in [6.45, 7) is 2.89. The van der Waals surface area contributed by atoms with Gasteiger partial charge in [-0.05, 0) is 13.8 Å². The first-order valence-corrected chi connectivity index (χ1v) is 3.21. The molecule has 4 nitrogen and oxygen atoms in total. The first-order valence-electron chi connectivity index (χ1n) is 3.21. The third kappa shape index (κ3) is 0.943. The van der Waals surface area contributed by atoms with Crippen molar-refractivity contribution in [2.24, 2.45) is 5.41 Å². The number of carbonyl (C=O) groups is 3. The van der Waals surface area contributed by atoms with Gasteiger partial charge in [-0.25, -0.2) is 0 Å². The van der Waals surface area contributed by atoms with Crippen molar-refractivity contribution in [2.45, 2.75) is 20.0 Å². The van der Waals surface area contributed by atoms with E-state index < -0.39 is 23.3 Å². The van der Waals surface area contributed by atoms with E-state index in [2.05, 4.69) is 4.74 Å². The number of ketones is 1. The van der Waals surface area contributed by atoms with Gasteiger partial charge < -0.3 is 4.74 Å². The Morgan fingerprint density at radius 3 is 2.18 bits per heavy atom. The molecule has 0 radical (unpaired) electrons. The number of Topliss-reactive ketones (excluding diaryl/α,β-unsaturated/α-hetero) is 1. The smallest absolute Gasteiger partial charge is 0.320 e. The summed E-state index contributed by atoms with van der Waals surface area (Å²) in [5, 5.41) is 0. The Kier molecular flexibility index (Phi) is 1.55. The van der Waals surface area contributed by atoms with Gasteiger partial charge in [0, 0.05) is 0 Å². The van der Waals surface area contributed by atoms with E-state index in [-0.39, 0.29) is 0 Å². The van der Waals surface area contributed by atoms with Gasteiger partial charge >= 0.3 is 5.97 Å². The zero-order valence-electron chi connectivity index (χ0n) is 6.29. The van der Waals surface area contributed by atoms with E-state index in [1.165, 1.54) is 13.8 Å². The minimum atomic E-state index is -1.18. The monoisotopic (exact) mass is 156 g/mol. The lowest BCUT2D eigenvalue weighted by Gasteiger charge is -2.06. The Morgan fingerprint density at radius 1 is 1.45 bits per heavy atom. The molecule has 0 saturated carbocycles. The molecule has 4 heteroatoms. The molecule has 1 fully saturated rings. The molecule has 0 N–H and O–H groups in total. The molecule has 1 atom stereocenters. The second kappa shape index (κ2) is 2.15. The number of ether oxygens (including phenoxy) is 1. The highest BCUT2D eigenvalue weighted by Gasteiger charge is 2.50. The van der Waals surface area contributed by atoms with E-state index in [0.717, 1.165) is 0 Å². The number of aldehydes is 1. The Hall–Kier alpha value is -1.19. The van der Waals surface area contributed by atoms with Gasteiger partial charge in [-0.2, -0.15) is 0 Å². The highest BCUT2D eigenvalue weighted by Crippen LogP contribution is 2.28. The fraction of sp³-hybridized carbons (Fsp3) is 0.571. The minimum absolute atomic E-state index is 0.342. The average molecular weight is 156 g/mol. The molecule has 1 unspecified atom stereocenters. The zero-order valence-corrected chi connectivity index (χ0v) is 6.29. The van der Waals surface area contributed by atoms with Crippen molar-refractivity contribution in [2.75, 3.05) is 0 Å². The van der Waals surface area contributed by atoms with Crippen molar-refractivity contribution in [1.82, 2.24) is 0 Å². The first kappa shape index (κ1) is 7.91. The van der Waals surface area contributed by atoms with Crippen LogP contribution < -0.4 is 0 Å². The van der Waals surface area contributed by atoms with Gasteiger partial charge in [0.1, 0.15) is 5.41 Å². The molecule has 1 aliphatic rings. The second-order valence-electron chi connectivity index (χ2n) is 2.95. The van der Waals surface area contributed by atoms with Crippen LogP contribution in [0.25, 0.3) is 0 Å². The number of hydrogen-bond donors (Lipinski definition) is 0. The third-order valence-electron chi connectivity index (χ3n) is 1.74. The summed E-state index contributed by atoms with van der Waals surface area (Å²) in [5.41, 5.74) is -1.15. The van der Waals surface area contributed by atoms with Crippen LogP contribution in [0.2, 0.25) is 0 Å². The predicted octanol–water partition coefficient (Wildman–Crippen LogP) is -0.294. The fourth-order valence-electron chi connectivity index (χ4n) is 0.862. The first-order chi connectivity index (χ1) is 5.00. The maximum atomic E-state index is 11.1. The Balaban J connectivity index is 2.97. The molecular weight excluding hydrogens is 148 g/mol. The topological polar surface area (TPSA) is 60.4 Å². The molecular formula is C7H8O4. The summed E-state index contributed by atoms with van der Waals surface area (Å²) in [5.74, 6) is -1.09. The van der Waals surface area contributed by atoms with Crippen LogP contribution in [-0.2, 0) is 19.1 Å². The second-order valence-corrected chi connectivity index (χ2v) is 2.95. The summed E-state index contributed by atoms with van der Waals surface area (Å²) in [4.78, 5) is 32.1. The molecule has 1 rings (SSSR count). The van der Waals surface area contributed by atoms with Crippen molar-refractivity contribution in [3.05, 3.63) is 0 Å². The molecule has 1 heterocycles.